The zero-order valence-corrected chi connectivity index (χ0v) is 33.8. The van der Waals surface area contributed by atoms with Crippen molar-refractivity contribution in [3.63, 3.8) is 0 Å². The first-order valence-electron chi connectivity index (χ1n) is 20.1. The van der Waals surface area contributed by atoms with Crippen molar-refractivity contribution in [1.29, 1.82) is 0 Å². The van der Waals surface area contributed by atoms with Crippen LogP contribution in [0.25, 0.3) is 119 Å². The molecular formula is C55H33N3S2. The van der Waals surface area contributed by atoms with Crippen LogP contribution in [0.15, 0.2) is 200 Å². The molecule has 0 amide bonds. The van der Waals surface area contributed by atoms with E-state index >= 15 is 0 Å². The van der Waals surface area contributed by atoms with Crippen LogP contribution in [0.1, 0.15) is 0 Å². The Bertz CT molecular complexity index is 3550. The molecule has 60 heavy (non-hydrogen) atoms. The second-order valence-electron chi connectivity index (χ2n) is 15.1. The van der Waals surface area contributed by atoms with E-state index in [4.69, 9.17) is 15.0 Å². The number of fused-ring (bicyclic) bond motifs is 8. The second kappa shape index (κ2) is 14.2. The van der Waals surface area contributed by atoms with Gasteiger partial charge in [0.2, 0.25) is 0 Å². The van der Waals surface area contributed by atoms with Crippen molar-refractivity contribution in [2.45, 2.75) is 0 Å². The van der Waals surface area contributed by atoms with Crippen molar-refractivity contribution in [3.8, 4) is 67.4 Å². The van der Waals surface area contributed by atoms with E-state index in [2.05, 4.69) is 176 Å². The summed E-state index contributed by atoms with van der Waals surface area (Å²) in [4.78, 5) is 15.9. The molecule has 8 aromatic carbocycles. The molecule has 0 bridgehead atoms. The van der Waals surface area contributed by atoms with Gasteiger partial charge in [0.05, 0.1) is 27.3 Å². The summed E-state index contributed by atoms with van der Waals surface area (Å²) in [6.45, 7) is 0. The lowest BCUT2D eigenvalue weighted by atomic mass is 9.94. The summed E-state index contributed by atoms with van der Waals surface area (Å²) in [7, 11) is 0. The van der Waals surface area contributed by atoms with Gasteiger partial charge in [0.15, 0.2) is 5.82 Å². The number of aromatic nitrogens is 3. The first-order chi connectivity index (χ1) is 29.7. The van der Waals surface area contributed by atoms with Crippen molar-refractivity contribution < 1.29 is 0 Å². The molecule has 0 N–H and O–H groups in total. The van der Waals surface area contributed by atoms with Crippen LogP contribution in [-0.2, 0) is 0 Å². The molecule has 0 fully saturated rings. The summed E-state index contributed by atoms with van der Waals surface area (Å²) in [5.74, 6) is 0.698. The van der Waals surface area contributed by atoms with Crippen LogP contribution < -0.4 is 0 Å². The number of hydrogen-bond donors (Lipinski definition) is 0. The predicted molar refractivity (Wildman–Crippen MR) is 256 cm³/mol. The smallest absolute Gasteiger partial charge is 0.160 e. The molecule has 5 heteroatoms. The van der Waals surface area contributed by atoms with Crippen molar-refractivity contribution >= 4 is 73.9 Å². The van der Waals surface area contributed by atoms with Crippen LogP contribution in [0, 0.1) is 0 Å². The van der Waals surface area contributed by atoms with Gasteiger partial charge in [0, 0.05) is 68.8 Å². The summed E-state index contributed by atoms with van der Waals surface area (Å²) in [5, 5.41) is 6.27. The minimum absolute atomic E-state index is 0.698. The van der Waals surface area contributed by atoms with Gasteiger partial charge >= 0.3 is 0 Å². The number of nitrogens with zero attached hydrogens (tertiary/aromatic N) is 3. The molecule has 0 aliphatic heterocycles. The average Bonchev–Trinajstić information content (AvgIpc) is 3.91. The number of pyridine rings is 1. The van der Waals surface area contributed by atoms with Crippen molar-refractivity contribution in [2.75, 3.05) is 0 Å². The zero-order chi connectivity index (χ0) is 39.6. The molecule has 0 saturated heterocycles. The molecule has 0 atom stereocenters. The fourth-order valence-corrected chi connectivity index (χ4v) is 11.1. The Morgan fingerprint density at radius 1 is 0.317 bits per heavy atom. The van der Waals surface area contributed by atoms with E-state index in [0.29, 0.717) is 5.82 Å². The maximum Gasteiger partial charge on any atom is 0.160 e. The predicted octanol–water partition coefficient (Wildman–Crippen LogP) is 15.8. The summed E-state index contributed by atoms with van der Waals surface area (Å²) in [6, 6.07) is 71.2. The van der Waals surface area contributed by atoms with Gasteiger partial charge < -0.3 is 0 Å². The van der Waals surface area contributed by atoms with Crippen LogP contribution in [0.2, 0.25) is 0 Å². The minimum Gasteiger partial charge on any atom is -0.246 e. The molecule has 0 aliphatic carbocycles. The topological polar surface area (TPSA) is 38.7 Å². The SMILES string of the molecule is c1ccc(-c2cc(-c3cccc(-c4nc5c(-c6cccc(-c7cccc8c7sc7ccccc78)c6)cccc5c5c4sc4ccccc45)c3)nc(-c3ccccc3)n2)cc1. The lowest BCUT2D eigenvalue weighted by Gasteiger charge is -2.13. The second-order valence-corrected chi connectivity index (χ2v) is 17.2. The van der Waals surface area contributed by atoms with E-state index in [-0.39, 0.29) is 0 Å². The van der Waals surface area contributed by atoms with Gasteiger partial charge in [0.1, 0.15) is 0 Å². The number of benzene rings is 8. The maximum atomic E-state index is 5.67. The van der Waals surface area contributed by atoms with E-state index in [1.54, 1.807) is 0 Å². The minimum atomic E-state index is 0.698. The first-order valence-corrected chi connectivity index (χ1v) is 21.7. The first kappa shape index (κ1) is 34.7. The number of hydrogen-bond acceptors (Lipinski definition) is 5. The summed E-state index contributed by atoms with van der Waals surface area (Å²) < 4.78 is 5.06. The molecular weight excluding hydrogens is 767 g/mol. The van der Waals surface area contributed by atoms with Crippen LogP contribution in [0.5, 0.6) is 0 Å². The Kier molecular flexibility index (Phi) is 8.22. The third kappa shape index (κ3) is 5.82. The van der Waals surface area contributed by atoms with Crippen LogP contribution in [-0.4, -0.2) is 15.0 Å². The number of thiophene rings is 2. The molecule has 4 heterocycles. The monoisotopic (exact) mass is 799 g/mol. The highest BCUT2D eigenvalue weighted by molar-refractivity contribution is 7.26. The van der Waals surface area contributed by atoms with Crippen molar-refractivity contribution in [1.82, 2.24) is 15.0 Å². The van der Waals surface area contributed by atoms with Crippen molar-refractivity contribution in [2.24, 2.45) is 0 Å². The Morgan fingerprint density at radius 2 is 0.833 bits per heavy atom. The van der Waals surface area contributed by atoms with E-state index < -0.39 is 0 Å². The Labute approximate surface area is 354 Å². The third-order valence-corrected chi connectivity index (χ3v) is 13.9. The van der Waals surface area contributed by atoms with Gasteiger partial charge in [-0.25, -0.2) is 15.0 Å². The fourth-order valence-electron chi connectivity index (χ4n) is 8.66. The zero-order valence-electron chi connectivity index (χ0n) is 32.2. The molecule has 12 aromatic rings. The molecule has 4 aromatic heterocycles. The molecule has 12 rings (SSSR count). The molecule has 0 radical (unpaired) electrons. The molecule has 0 unspecified atom stereocenters. The standard InChI is InChI=1S/C55H33N3S2/c1-3-15-34(16-4-1)46-33-47(57-55(56-46)35-17-5-2-6-18-35)38-21-12-22-39(32-38)51-54-50(44-24-8-10-30-49(44)60-54)45-28-13-25-40(52(45)58-51)36-19-11-20-37(31-36)41-26-14-27-43-42-23-7-9-29-48(42)59-53(41)43/h1-33H. The lowest BCUT2D eigenvalue weighted by Crippen LogP contribution is -1.96. The van der Waals surface area contributed by atoms with E-state index in [1.807, 2.05) is 46.9 Å². The fraction of sp³-hybridized carbons (Fsp3) is 0. The van der Waals surface area contributed by atoms with Gasteiger partial charge in [-0.1, -0.05) is 170 Å². The molecule has 3 nitrogen and oxygen atoms in total. The van der Waals surface area contributed by atoms with Gasteiger partial charge in [-0.05, 0) is 47.0 Å². The maximum absolute atomic E-state index is 5.67. The normalized spacial score (nSPS) is 11.7. The highest BCUT2D eigenvalue weighted by Gasteiger charge is 2.20. The molecule has 0 aliphatic rings. The average molecular weight is 800 g/mol. The van der Waals surface area contributed by atoms with E-state index in [1.165, 1.54) is 51.5 Å². The van der Waals surface area contributed by atoms with Gasteiger partial charge in [-0.3, -0.25) is 0 Å². The Morgan fingerprint density at radius 3 is 1.62 bits per heavy atom. The number of rotatable bonds is 6. The summed E-state index contributed by atoms with van der Waals surface area (Å²) in [6.07, 6.45) is 0. The Balaban J connectivity index is 1.05. The molecule has 0 spiro atoms. The highest BCUT2D eigenvalue weighted by Crippen LogP contribution is 2.46. The van der Waals surface area contributed by atoms with Gasteiger partial charge in [-0.2, -0.15) is 0 Å². The Hall–Kier alpha value is -7.31. The highest BCUT2D eigenvalue weighted by atomic mass is 32.1. The van der Waals surface area contributed by atoms with E-state index in [9.17, 15) is 0 Å². The van der Waals surface area contributed by atoms with Gasteiger partial charge in [0.25, 0.3) is 0 Å². The van der Waals surface area contributed by atoms with E-state index in [0.717, 1.165) is 61.4 Å². The van der Waals surface area contributed by atoms with Crippen molar-refractivity contribution in [3.05, 3.63) is 200 Å². The van der Waals surface area contributed by atoms with Crippen LogP contribution in [0.4, 0.5) is 0 Å². The van der Waals surface area contributed by atoms with Crippen LogP contribution in [0.3, 0.4) is 0 Å². The summed E-state index contributed by atoms with van der Waals surface area (Å²) >= 11 is 3.69. The molecule has 280 valence electrons. The quantitative estimate of drug-likeness (QED) is 0.168. The number of para-hydroxylation sites is 1. The lowest BCUT2D eigenvalue weighted by molar-refractivity contribution is 1.18. The van der Waals surface area contributed by atoms with Gasteiger partial charge in [-0.15, -0.1) is 22.7 Å². The largest absolute Gasteiger partial charge is 0.246 e. The third-order valence-electron chi connectivity index (χ3n) is 11.5. The van der Waals surface area contributed by atoms with Crippen LogP contribution >= 0.6 is 22.7 Å². The summed E-state index contributed by atoms with van der Waals surface area (Å²) in [5.41, 5.74) is 12.5. The molecule has 0 saturated carbocycles.